The molecule has 9 heteroatoms. The number of nitrogens with zero attached hydrogens (tertiary/aromatic N) is 1. The molecule has 2 amide bonds. The second-order valence-electron chi connectivity index (χ2n) is 8.07. The average Bonchev–Trinajstić information content (AvgIpc) is 3.44. The highest BCUT2D eigenvalue weighted by atomic mass is 32.2. The van der Waals surface area contributed by atoms with E-state index in [0.717, 1.165) is 32.1 Å². The summed E-state index contributed by atoms with van der Waals surface area (Å²) in [6.45, 7) is 1.54. The molecule has 1 aliphatic carbocycles. The Morgan fingerprint density at radius 1 is 1.16 bits per heavy atom. The van der Waals surface area contributed by atoms with Crippen LogP contribution in [0.2, 0.25) is 0 Å². The maximum Gasteiger partial charge on any atom is 0.251 e. The van der Waals surface area contributed by atoms with Gasteiger partial charge in [-0.05, 0) is 54.5 Å². The summed E-state index contributed by atoms with van der Waals surface area (Å²) in [5.74, 6) is -0.376. The molecule has 166 valence electrons. The first kappa shape index (κ1) is 22.0. The number of amides is 2. The molecule has 0 radical (unpaired) electrons. The standard InChI is InChI=1S/C22H27N3O4S2/c26-21(25-12-9-20-17(15-25)10-13-30-20)8-11-23-22(27)16-4-3-7-19(14-16)31(28,29)24-18-5-1-2-6-18/h3-4,7,10,13-14,18,24H,1-2,5-6,8-9,11-12,15H2,(H,23,27). The van der Waals surface area contributed by atoms with E-state index in [1.807, 2.05) is 4.90 Å². The largest absolute Gasteiger partial charge is 0.352 e. The second-order valence-corrected chi connectivity index (χ2v) is 10.8. The van der Waals surface area contributed by atoms with Crippen molar-refractivity contribution in [1.82, 2.24) is 14.9 Å². The molecular formula is C22H27N3O4S2. The third kappa shape index (κ3) is 5.34. The lowest BCUT2D eigenvalue weighted by atomic mass is 10.1. The smallest absolute Gasteiger partial charge is 0.251 e. The van der Waals surface area contributed by atoms with Crippen molar-refractivity contribution < 1.29 is 18.0 Å². The molecule has 7 nitrogen and oxygen atoms in total. The zero-order chi connectivity index (χ0) is 21.8. The van der Waals surface area contributed by atoms with Crippen molar-refractivity contribution in [3.8, 4) is 0 Å². The number of carbonyl (C=O) groups is 2. The van der Waals surface area contributed by atoms with Crippen LogP contribution in [0, 0.1) is 0 Å². The second kappa shape index (κ2) is 9.50. The van der Waals surface area contributed by atoms with Crippen LogP contribution in [0.1, 0.15) is 52.9 Å². The van der Waals surface area contributed by atoms with Gasteiger partial charge >= 0.3 is 0 Å². The maximum absolute atomic E-state index is 12.6. The maximum atomic E-state index is 12.6. The molecule has 0 spiro atoms. The van der Waals surface area contributed by atoms with E-state index < -0.39 is 10.0 Å². The number of hydrogen-bond acceptors (Lipinski definition) is 5. The predicted molar refractivity (Wildman–Crippen MR) is 119 cm³/mol. The van der Waals surface area contributed by atoms with Crippen LogP contribution in [0.5, 0.6) is 0 Å². The molecule has 4 rings (SSSR count). The SMILES string of the molecule is O=C(NCCC(=O)N1CCc2sccc2C1)c1cccc(S(=O)(=O)NC2CCCC2)c1. The minimum atomic E-state index is -3.66. The van der Waals surface area contributed by atoms with E-state index in [2.05, 4.69) is 21.5 Å². The van der Waals surface area contributed by atoms with Crippen LogP contribution in [0.25, 0.3) is 0 Å². The van der Waals surface area contributed by atoms with Gasteiger partial charge in [0.1, 0.15) is 0 Å². The lowest BCUT2D eigenvalue weighted by Gasteiger charge is -2.27. The van der Waals surface area contributed by atoms with Crippen LogP contribution in [-0.2, 0) is 27.8 Å². The number of hydrogen-bond donors (Lipinski definition) is 2. The normalized spacial score (nSPS) is 16.8. The lowest BCUT2D eigenvalue weighted by molar-refractivity contribution is -0.131. The molecule has 0 bridgehead atoms. The van der Waals surface area contributed by atoms with Gasteiger partial charge < -0.3 is 10.2 Å². The van der Waals surface area contributed by atoms with E-state index in [1.165, 1.54) is 22.6 Å². The summed E-state index contributed by atoms with van der Waals surface area (Å²) < 4.78 is 28.0. The topological polar surface area (TPSA) is 95.6 Å². The Morgan fingerprint density at radius 2 is 1.97 bits per heavy atom. The lowest BCUT2D eigenvalue weighted by Crippen LogP contribution is -2.37. The van der Waals surface area contributed by atoms with Crippen LogP contribution < -0.4 is 10.0 Å². The monoisotopic (exact) mass is 461 g/mol. The quantitative estimate of drug-likeness (QED) is 0.663. The molecule has 2 N–H and O–H groups in total. The minimum Gasteiger partial charge on any atom is -0.352 e. The van der Waals surface area contributed by atoms with Crippen molar-refractivity contribution in [2.75, 3.05) is 13.1 Å². The van der Waals surface area contributed by atoms with Gasteiger partial charge in [-0.3, -0.25) is 9.59 Å². The van der Waals surface area contributed by atoms with Gasteiger partial charge in [-0.25, -0.2) is 13.1 Å². The minimum absolute atomic E-state index is 0.00856. The third-order valence-electron chi connectivity index (χ3n) is 5.87. The molecule has 31 heavy (non-hydrogen) atoms. The van der Waals surface area contributed by atoms with Crippen LogP contribution in [0.4, 0.5) is 0 Å². The van der Waals surface area contributed by atoms with Crippen LogP contribution in [0.15, 0.2) is 40.6 Å². The van der Waals surface area contributed by atoms with Crippen LogP contribution in [0.3, 0.4) is 0 Å². The molecule has 2 aliphatic rings. The van der Waals surface area contributed by atoms with E-state index >= 15 is 0 Å². The number of benzene rings is 1. The fourth-order valence-corrected chi connectivity index (χ4v) is 6.38. The molecule has 1 aromatic carbocycles. The highest BCUT2D eigenvalue weighted by Gasteiger charge is 2.24. The molecule has 1 fully saturated rings. The number of thiophene rings is 1. The molecule has 2 aromatic rings. The fraction of sp³-hybridized carbons (Fsp3) is 0.455. The Kier molecular flexibility index (Phi) is 6.74. The molecule has 0 unspecified atom stereocenters. The van der Waals surface area contributed by atoms with Gasteiger partial charge in [0, 0.05) is 42.5 Å². The van der Waals surface area contributed by atoms with Crippen molar-refractivity contribution >= 4 is 33.2 Å². The van der Waals surface area contributed by atoms with Gasteiger partial charge in [-0.15, -0.1) is 11.3 Å². The number of nitrogens with one attached hydrogen (secondary N) is 2. The molecule has 0 atom stereocenters. The van der Waals surface area contributed by atoms with Gasteiger partial charge in [0.05, 0.1) is 4.90 Å². The first-order valence-electron chi connectivity index (χ1n) is 10.7. The summed E-state index contributed by atoms with van der Waals surface area (Å²) in [6, 6.07) is 8.05. The number of rotatable bonds is 7. The first-order chi connectivity index (χ1) is 14.9. The Balaban J connectivity index is 1.30. The third-order valence-corrected chi connectivity index (χ3v) is 8.41. The molecule has 1 aliphatic heterocycles. The fourth-order valence-electron chi connectivity index (χ4n) is 4.14. The Labute approximate surface area is 186 Å². The highest BCUT2D eigenvalue weighted by Crippen LogP contribution is 2.24. The van der Waals surface area contributed by atoms with Crippen LogP contribution in [-0.4, -0.2) is 44.3 Å². The van der Waals surface area contributed by atoms with E-state index in [0.29, 0.717) is 13.1 Å². The summed E-state index contributed by atoms with van der Waals surface area (Å²) in [7, 11) is -3.66. The van der Waals surface area contributed by atoms with Crippen molar-refractivity contribution in [1.29, 1.82) is 0 Å². The molecule has 1 aromatic heterocycles. The van der Waals surface area contributed by atoms with E-state index in [4.69, 9.17) is 0 Å². The van der Waals surface area contributed by atoms with E-state index in [1.54, 1.807) is 23.5 Å². The summed E-state index contributed by atoms with van der Waals surface area (Å²) in [5, 5.41) is 4.79. The van der Waals surface area contributed by atoms with E-state index in [-0.39, 0.29) is 41.3 Å². The van der Waals surface area contributed by atoms with Gasteiger partial charge in [-0.1, -0.05) is 18.9 Å². The molecule has 1 saturated carbocycles. The summed E-state index contributed by atoms with van der Waals surface area (Å²) in [4.78, 5) is 28.2. The summed E-state index contributed by atoms with van der Waals surface area (Å²) >= 11 is 1.73. The number of fused-ring (bicyclic) bond motifs is 1. The number of sulfonamides is 1. The van der Waals surface area contributed by atoms with Gasteiger partial charge in [0.25, 0.3) is 5.91 Å². The zero-order valence-electron chi connectivity index (χ0n) is 17.3. The van der Waals surface area contributed by atoms with Crippen molar-refractivity contribution in [3.05, 3.63) is 51.7 Å². The van der Waals surface area contributed by atoms with E-state index in [9.17, 15) is 18.0 Å². The Hall–Kier alpha value is -2.23. The van der Waals surface area contributed by atoms with Crippen molar-refractivity contribution in [2.45, 2.75) is 56.0 Å². The Morgan fingerprint density at radius 3 is 2.77 bits per heavy atom. The summed E-state index contributed by atoms with van der Waals surface area (Å²) in [5.41, 5.74) is 1.47. The predicted octanol–water partition coefficient (Wildman–Crippen LogP) is 2.67. The first-order valence-corrected chi connectivity index (χ1v) is 13.0. The number of carbonyl (C=O) groups excluding carboxylic acids is 2. The van der Waals surface area contributed by atoms with Crippen molar-refractivity contribution in [2.24, 2.45) is 0 Å². The van der Waals surface area contributed by atoms with Crippen molar-refractivity contribution in [3.63, 3.8) is 0 Å². The van der Waals surface area contributed by atoms with Gasteiger partial charge in [0.2, 0.25) is 15.9 Å². The van der Waals surface area contributed by atoms with Gasteiger partial charge in [0.15, 0.2) is 0 Å². The molecule has 2 heterocycles. The molecular weight excluding hydrogens is 434 g/mol. The van der Waals surface area contributed by atoms with Crippen LogP contribution >= 0.6 is 11.3 Å². The molecule has 0 saturated heterocycles. The van der Waals surface area contributed by atoms with Gasteiger partial charge in [-0.2, -0.15) is 0 Å². The Bertz CT molecular complexity index is 1060. The zero-order valence-corrected chi connectivity index (χ0v) is 18.9. The average molecular weight is 462 g/mol. The summed E-state index contributed by atoms with van der Waals surface area (Å²) in [6.07, 6.45) is 4.84. The highest BCUT2D eigenvalue weighted by molar-refractivity contribution is 7.89.